The first-order valence-corrected chi connectivity index (χ1v) is 6.52. The molecule has 106 valence electrons. The van der Waals surface area contributed by atoms with Crippen LogP contribution in [0.25, 0.3) is 0 Å². The van der Waals surface area contributed by atoms with E-state index in [4.69, 9.17) is 5.73 Å². The van der Waals surface area contributed by atoms with E-state index in [0.29, 0.717) is 5.46 Å². The summed E-state index contributed by atoms with van der Waals surface area (Å²) in [5.74, 6) is -2.14. The highest BCUT2D eigenvalue weighted by molar-refractivity contribution is 6.41. The third-order valence-electron chi connectivity index (χ3n) is 3.83. The first-order chi connectivity index (χ1) is 9.91. The van der Waals surface area contributed by atoms with Crippen molar-refractivity contribution in [1.29, 1.82) is 0 Å². The maximum absolute atomic E-state index is 12.5. The zero-order valence-electron chi connectivity index (χ0n) is 11.3. The lowest BCUT2D eigenvalue weighted by atomic mass is 9.88. The van der Waals surface area contributed by atoms with Crippen molar-refractivity contribution in [2.75, 3.05) is 5.73 Å². The molecule has 1 fully saturated rings. The zero-order valence-corrected chi connectivity index (χ0v) is 11.3. The molecule has 0 aliphatic carbocycles. The van der Waals surface area contributed by atoms with Gasteiger partial charge in [0, 0.05) is 17.7 Å². The SMILES string of the molecule is Bc1ccc(N)c2c1C(=O)N(C1CCC(=O)NC1=O)C2=O. The molecule has 0 saturated carbocycles. The molecule has 0 radical (unpaired) electrons. The fourth-order valence-electron chi connectivity index (χ4n) is 2.77. The number of carbonyl (C=O) groups is 4. The molecule has 1 saturated heterocycles. The highest BCUT2D eigenvalue weighted by Gasteiger charge is 2.45. The number of carbonyl (C=O) groups excluding carboxylic acids is 4. The lowest BCUT2D eigenvalue weighted by Crippen LogP contribution is -2.54. The van der Waals surface area contributed by atoms with Crippen molar-refractivity contribution in [3.63, 3.8) is 0 Å². The molecule has 1 aromatic carbocycles. The molecule has 8 heteroatoms. The molecule has 0 spiro atoms. The Morgan fingerprint density at radius 1 is 1.14 bits per heavy atom. The summed E-state index contributed by atoms with van der Waals surface area (Å²) in [6.07, 6.45) is 0.230. The number of hydrogen-bond donors (Lipinski definition) is 2. The van der Waals surface area contributed by atoms with Gasteiger partial charge in [-0.15, -0.1) is 0 Å². The number of nitrogens with zero attached hydrogens (tertiary/aromatic N) is 1. The molecule has 7 nitrogen and oxygen atoms in total. The van der Waals surface area contributed by atoms with E-state index >= 15 is 0 Å². The summed E-state index contributed by atoms with van der Waals surface area (Å²) in [5.41, 5.74) is 7.01. The van der Waals surface area contributed by atoms with Crippen LogP contribution in [0.1, 0.15) is 33.6 Å². The van der Waals surface area contributed by atoms with Crippen molar-refractivity contribution in [2.24, 2.45) is 0 Å². The predicted octanol–water partition coefficient (Wildman–Crippen LogP) is -2.07. The van der Waals surface area contributed by atoms with E-state index < -0.39 is 29.7 Å². The number of amides is 4. The van der Waals surface area contributed by atoms with Crippen LogP contribution in [0, 0.1) is 0 Å². The highest BCUT2D eigenvalue weighted by Crippen LogP contribution is 2.29. The summed E-state index contributed by atoms with van der Waals surface area (Å²) in [5, 5.41) is 2.15. The third kappa shape index (κ3) is 1.83. The van der Waals surface area contributed by atoms with Gasteiger partial charge in [0.25, 0.3) is 11.8 Å². The van der Waals surface area contributed by atoms with Gasteiger partial charge >= 0.3 is 0 Å². The lowest BCUT2D eigenvalue weighted by Gasteiger charge is -2.27. The van der Waals surface area contributed by atoms with Crippen LogP contribution in [0.4, 0.5) is 5.69 Å². The highest BCUT2D eigenvalue weighted by atomic mass is 16.2. The molecule has 2 aliphatic rings. The number of benzene rings is 1. The van der Waals surface area contributed by atoms with Crippen LogP contribution >= 0.6 is 0 Å². The van der Waals surface area contributed by atoms with E-state index in [1.165, 1.54) is 0 Å². The Hall–Kier alpha value is -2.64. The van der Waals surface area contributed by atoms with Crippen molar-refractivity contribution in [3.8, 4) is 0 Å². The molecular formula is C13H12BN3O4. The second kappa shape index (κ2) is 4.44. The van der Waals surface area contributed by atoms with Crippen LogP contribution in [0.5, 0.6) is 0 Å². The number of nitrogens with two attached hydrogens (primary N) is 1. The molecule has 21 heavy (non-hydrogen) atoms. The zero-order chi connectivity index (χ0) is 15.3. The summed E-state index contributed by atoms with van der Waals surface area (Å²) in [4.78, 5) is 48.9. The van der Waals surface area contributed by atoms with Gasteiger partial charge in [0.15, 0.2) is 0 Å². The molecule has 3 N–H and O–H groups in total. The molecule has 3 rings (SSSR count). The number of imide groups is 2. The molecule has 2 aliphatic heterocycles. The van der Waals surface area contributed by atoms with E-state index in [0.717, 1.165) is 4.90 Å². The van der Waals surface area contributed by atoms with E-state index in [2.05, 4.69) is 5.32 Å². The van der Waals surface area contributed by atoms with E-state index in [-0.39, 0.29) is 29.7 Å². The maximum atomic E-state index is 12.5. The largest absolute Gasteiger partial charge is 0.398 e. The smallest absolute Gasteiger partial charge is 0.264 e. The van der Waals surface area contributed by atoms with Crippen LogP contribution in [0.15, 0.2) is 12.1 Å². The normalized spacial score (nSPS) is 21.5. The van der Waals surface area contributed by atoms with Gasteiger partial charge in [-0.25, -0.2) is 0 Å². The van der Waals surface area contributed by atoms with Crippen molar-refractivity contribution in [1.82, 2.24) is 10.2 Å². The van der Waals surface area contributed by atoms with Gasteiger partial charge in [-0.3, -0.25) is 29.4 Å². The monoisotopic (exact) mass is 285 g/mol. The minimum Gasteiger partial charge on any atom is -0.398 e. The number of anilines is 1. The molecule has 1 unspecified atom stereocenters. The second-order valence-electron chi connectivity index (χ2n) is 5.17. The Bertz CT molecular complexity index is 675. The Balaban J connectivity index is 2.05. The van der Waals surface area contributed by atoms with Crippen molar-refractivity contribution >= 4 is 42.6 Å². The maximum Gasteiger partial charge on any atom is 0.264 e. The summed E-state index contributed by atoms with van der Waals surface area (Å²) in [7, 11) is 1.71. The Kier molecular flexibility index (Phi) is 2.82. The number of rotatable bonds is 1. The van der Waals surface area contributed by atoms with Gasteiger partial charge in [0.05, 0.1) is 5.56 Å². The van der Waals surface area contributed by atoms with E-state index in [9.17, 15) is 19.2 Å². The van der Waals surface area contributed by atoms with E-state index in [1.807, 2.05) is 0 Å². The summed E-state index contributed by atoms with van der Waals surface area (Å²) < 4.78 is 0. The van der Waals surface area contributed by atoms with Gasteiger partial charge in [-0.05, 0) is 12.5 Å². The van der Waals surface area contributed by atoms with Crippen LogP contribution in [-0.4, -0.2) is 42.4 Å². The predicted molar refractivity (Wildman–Crippen MR) is 75.7 cm³/mol. The minimum absolute atomic E-state index is 0.0955. The summed E-state index contributed by atoms with van der Waals surface area (Å²) >= 11 is 0. The fraction of sp³-hybridized carbons (Fsp3) is 0.231. The second-order valence-corrected chi connectivity index (χ2v) is 5.17. The van der Waals surface area contributed by atoms with Gasteiger partial charge in [0.1, 0.15) is 13.9 Å². The molecule has 1 atom stereocenters. The number of hydrogen-bond acceptors (Lipinski definition) is 5. The number of fused-ring (bicyclic) bond motifs is 1. The van der Waals surface area contributed by atoms with Gasteiger partial charge in [-0.1, -0.05) is 11.5 Å². The summed E-state index contributed by atoms with van der Waals surface area (Å²) in [6.45, 7) is 0. The molecular weight excluding hydrogens is 273 g/mol. The summed E-state index contributed by atoms with van der Waals surface area (Å²) in [6, 6.07) is 2.26. The Morgan fingerprint density at radius 2 is 1.81 bits per heavy atom. The van der Waals surface area contributed by atoms with Crippen molar-refractivity contribution in [2.45, 2.75) is 18.9 Å². The number of nitrogen functional groups attached to an aromatic ring is 1. The standard InChI is InChI=1S/C13H12BN3O4/c14-5-1-2-6(15)10-9(5)12(20)17(13(10)21)7-3-4-8(18)16-11(7)19/h1-2,7H,3-4,14-15H2,(H,16,18,19). The minimum atomic E-state index is -0.964. The fourth-order valence-corrected chi connectivity index (χ4v) is 2.77. The molecule has 0 aromatic heterocycles. The number of piperidine rings is 1. The Labute approximate surface area is 120 Å². The van der Waals surface area contributed by atoms with Crippen molar-refractivity contribution < 1.29 is 19.2 Å². The van der Waals surface area contributed by atoms with Crippen LogP contribution in [0.3, 0.4) is 0 Å². The molecule has 1 aromatic rings. The van der Waals surface area contributed by atoms with Crippen molar-refractivity contribution in [3.05, 3.63) is 23.3 Å². The first kappa shape index (κ1) is 13.4. The average Bonchev–Trinajstić information content (AvgIpc) is 2.68. The van der Waals surface area contributed by atoms with Crippen LogP contribution in [-0.2, 0) is 9.59 Å². The van der Waals surface area contributed by atoms with Crippen LogP contribution < -0.4 is 16.5 Å². The lowest BCUT2D eigenvalue weighted by molar-refractivity contribution is -0.136. The molecule has 0 bridgehead atoms. The molecule has 2 heterocycles. The van der Waals surface area contributed by atoms with Gasteiger partial charge < -0.3 is 5.73 Å². The van der Waals surface area contributed by atoms with Gasteiger partial charge in [-0.2, -0.15) is 0 Å². The quantitative estimate of drug-likeness (QED) is 0.350. The van der Waals surface area contributed by atoms with Gasteiger partial charge in [0.2, 0.25) is 11.8 Å². The average molecular weight is 285 g/mol. The van der Waals surface area contributed by atoms with Crippen LogP contribution in [0.2, 0.25) is 0 Å². The topological polar surface area (TPSA) is 110 Å². The Morgan fingerprint density at radius 3 is 2.43 bits per heavy atom. The number of nitrogens with one attached hydrogen (secondary N) is 1. The van der Waals surface area contributed by atoms with E-state index in [1.54, 1.807) is 20.0 Å². The first-order valence-electron chi connectivity index (χ1n) is 6.52. The molecule has 4 amide bonds. The third-order valence-corrected chi connectivity index (χ3v) is 3.83.